The molecular formula is C69H103F9OSi2. The van der Waals surface area contributed by atoms with Crippen molar-refractivity contribution in [2.24, 2.45) is 11.8 Å². The van der Waals surface area contributed by atoms with Crippen LogP contribution in [-0.4, -0.2) is 50.8 Å². The molecule has 0 radical (unpaired) electrons. The molecule has 4 fully saturated rings. The van der Waals surface area contributed by atoms with Gasteiger partial charge in [-0.15, -0.1) is 8.78 Å². The molecule has 1 nitrogen and oxygen atoms in total. The molecule has 0 atom stereocenters. The Morgan fingerprint density at radius 1 is 0.444 bits per heavy atom. The molecule has 4 aliphatic rings. The molecule has 0 unspecified atom stereocenters. The van der Waals surface area contributed by atoms with Gasteiger partial charge in [-0.3, -0.25) is 13.2 Å². The number of carbonyl (C=O) groups excluding carboxylic acids is 1. The Balaban J connectivity index is 0.000000295. The van der Waals surface area contributed by atoms with E-state index >= 15 is 0 Å². The van der Waals surface area contributed by atoms with E-state index < -0.39 is 30.8 Å². The molecule has 12 heteroatoms. The van der Waals surface area contributed by atoms with E-state index in [2.05, 4.69) is 74.5 Å². The van der Waals surface area contributed by atoms with Gasteiger partial charge in [-0.1, -0.05) is 193 Å². The average molecular weight is 1180 g/mol. The minimum Gasteiger partial charge on any atom is -0.251 e. The van der Waals surface area contributed by atoms with Crippen LogP contribution in [0.4, 0.5) is 44.3 Å². The van der Waals surface area contributed by atoms with Crippen LogP contribution >= 0.6 is 0 Å². The zero-order chi connectivity index (χ0) is 58.9. The van der Waals surface area contributed by atoms with E-state index in [-0.39, 0.29) is 31.7 Å². The lowest BCUT2D eigenvalue weighted by Gasteiger charge is -2.37. The molecule has 2 aliphatic carbocycles. The smallest absolute Gasteiger partial charge is 0.251 e. The molecule has 2 heterocycles. The summed E-state index contributed by atoms with van der Waals surface area (Å²) in [5.41, 5.74) is 7.69. The second-order valence-electron chi connectivity index (χ2n) is 23.6. The van der Waals surface area contributed by atoms with Crippen molar-refractivity contribution in [3.63, 3.8) is 0 Å². The summed E-state index contributed by atoms with van der Waals surface area (Å²) in [7, 11) is -1.02. The predicted octanol–water partition coefficient (Wildman–Crippen LogP) is 23.2. The Morgan fingerprint density at radius 2 is 0.827 bits per heavy atom. The lowest BCUT2D eigenvalue weighted by molar-refractivity contribution is 0.199. The fourth-order valence-electron chi connectivity index (χ4n) is 12.9. The van der Waals surface area contributed by atoms with Crippen molar-refractivity contribution in [1.82, 2.24) is 0 Å². The molecule has 0 N–H and O–H groups in total. The van der Waals surface area contributed by atoms with Crippen LogP contribution in [0.15, 0.2) is 97.1 Å². The number of aryl methyl sites for hydroxylation is 2. The highest BCUT2D eigenvalue weighted by Gasteiger charge is 2.32. The number of hydrogen-bond donors (Lipinski definition) is 0. The van der Waals surface area contributed by atoms with Crippen molar-refractivity contribution in [3.05, 3.63) is 142 Å². The SMILES string of the molecule is CCCC.Cc1ccc(C2CCC(C3CC[SiH](CCCF)CC3)CC2)cc1F.FCCCCCCCc1ccc(C2CCC(c3ccc(F)cc3)CC2)cc1.FCCCCCC[SiH]1CCC(c2ccccc2)CC1.FCF.O=C(F)F. The molecule has 4 aromatic carbocycles. The lowest BCUT2D eigenvalue weighted by Crippen LogP contribution is -2.28. The third kappa shape index (κ3) is 30.7. The van der Waals surface area contributed by atoms with Gasteiger partial charge >= 0.3 is 6.29 Å². The van der Waals surface area contributed by atoms with Crippen LogP contribution in [0.2, 0.25) is 36.3 Å². The minimum atomic E-state index is -2.83. The Hall–Kier alpha value is -3.65. The molecule has 4 aromatic rings. The molecule has 2 saturated heterocycles. The zero-order valence-corrected chi connectivity index (χ0v) is 52.2. The second-order valence-corrected chi connectivity index (χ2v) is 30.6. The van der Waals surface area contributed by atoms with E-state index in [1.165, 1.54) is 174 Å². The summed E-state index contributed by atoms with van der Waals surface area (Å²) in [4.78, 5) is 8.11. The maximum atomic E-state index is 13.8. The first-order valence-corrected chi connectivity index (χ1v) is 36.6. The maximum Gasteiger partial charge on any atom is 0.483 e. The maximum absolute atomic E-state index is 13.8. The summed E-state index contributed by atoms with van der Waals surface area (Å²) >= 11 is 0. The number of alkyl halides is 5. The highest BCUT2D eigenvalue weighted by Crippen LogP contribution is 2.44. The van der Waals surface area contributed by atoms with Crippen molar-refractivity contribution in [2.75, 3.05) is 27.0 Å². The number of carbonyl (C=O) groups is 1. The quantitative estimate of drug-likeness (QED) is 0.0332. The summed E-state index contributed by atoms with van der Waals surface area (Å²) in [5.74, 6) is 4.26. The van der Waals surface area contributed by atoms with Gasteiger partial charge in [0.05, 0.1) is 20.0 Å². The molecule has 81 heavy (non-hydrogen) atoms. The van der Waals surface area contributed by atoms with Gasteiger partial charge in [0.2, 0.25) is 6.93 Å². The Bertz CT molecular complexity index is 2110. The molecular weight excluding hydrogens is 1070 g/mol. The van der Waals surface area contributed by atoms with Gasteiger partial charge in [-0.2, -0.15) is 0 Å². The van der Waals surface area contributed by atoms with Gasteiger partial charge in [0.25, 0.3) is 0 Å². The highest BCUT2D eigenvalue weighted by atomic mass is 28.3. The summed E-state index contributed by atoms with van der Waals surface area (Å²) < 4.78 is 102. The third-order valence-corrected chi connectivity index (χ3v) is 25.0. The van der Waals surface area contributed by atoms with Gasteiger partial charge < -0.3 is 0 Å². The van der Waals surface area contributed by atoms with Crippen LogP contribution in [0.25, 0.3) is 0 Å². The number of hydrogen-bond acceptors (Lipinski definition) is 1. The minimum absolute atomic E-state index is 0.0498. The van der Waals surface area contributed by atoms with E-state index in [9.17, 15) is 39.5 Å². The van der Waals surface area contributed by atoms with Crippen molar-refractivity contribution < 1.29 is 44.3 Å². The van der Waals surface area contributed by atoms with Crippen molar-refractivity contribution in [1.29, 1.82) is 0 Å². The van der Waals surface area contributed by atoms with Crippen LogP contribution in [0.3, 0.4) is 0 Å². The average Bonchev–Trinajstić information content (AvgIpc) is 3.50. The molecule has 2 saturated carbocycles. The monoisotopic (exact) mass is 1170 g/mol. The summed E-state index contributed by atoms with van der Waals surface area (Å²) in [6.45, 7) is 4.03. The van der Waals surface area contributed by atoms with Crippen molar-refractivity contribution in [2.45, 2.75) is 241 Å². The predicted molar refractivity (Wildman–Crippen MR) is 330 cm³/mol. The first-order chi connectivity index (χ1) is 39.4. The molecule has 0 amide bonds. The number of unbranched alkanes of at least 4 members (excludes halogenated alkanes) is 8. The normalized spacial score (nSPS) is 22.3. The Labute approximate surface area is 488 Å². The third-order valence-electron chi connectivity index (χ3n) is 18.0. The van der Waals surface area contributed by atoms with E-state index in [0.717, 1.165) is 68.3 Å². The van der Waals surface area contributed by atoms with Crippen LogP contribution in [0.5, 0.6) is 0 Å². The van der Waals surface area contributed by atoms with E-state index in [4.69, 9.17) is 4.79 Å². The number of benzene rings is 4. The number of halogens is 9. The van der Waals surface area contributed by atoms with Gasteiger partial charge in [-0.25, -0.2) is 22.4 Å². The first kappa shape index (κ1) is 71.6. The molecule has 0 bridgehead atoms. The van der Waals surface area contributed by atoms with Gasteiger partial charge in [-0.05, 0) is 190 Å². The first-order valence-electron chi connectivity index (χ1n) is 31.7. The highest BCUT2D eigenvalue weighted by molar-refractivity contribution is 6.59. The largest absolute Gasteiger partial charge is 0.483 e. The Kier molecular flexibility index (Phi) is 39.6. The fourth-order valence-corrected chi connectivity index (χ4v) is 19.8. The molecule has 456 valence electrons. The fraction of sp³-hybridized carbons (Fsp3) is 0.638. The summed E-state index contributed by atoms with van der Waals surface area (Å²) in [6, 6.07) is 41.9. The van der Waals surface area contributed by atoms with Gasteiger partial charge in [0, 0.05) is 17.6 Å². The van der Waals surface area contributed by atoms with Crippen LogP contribution in [0.1, 0.15) is 225 Å². The topological polar surface area (TPSA) is 17.1 Å². The van der Waals surface area contributed by atoms with E-state index in [1.54, 1.807) is 23.8 Å². The molecule has 2 aliphatic heterocycles. The van der Waals surface area contributed by atoms with Crippen LogP contribution < -0.4 is 0 Å². The van der Waals surface area contributed by atoms with Gasteiger partial charge in [0.15, 0.2) is 0 Å². The zero-order valence-electron chi connectivity index (χ0n) is 49.9. The number of rotatable bonds is 22. The van der Waals surface area contributed by atoms with Crippen LogP contribution in [-0.2, 0) is 6.42 Å². The molecule has 0 aromatic heterocycles. The standard InChI is InChI=1S/C25H32F2.C21H32F2Si.C17H27FSi.C4H10.CF2O.CH2F2/c26-19-5-3-1-2-4-6-20-7-9-21(10-8-20)22-11-13-23(14-12-22)24-15-17-25(27)18-16-24;1-16-3-4-20(15-21(16)23)18-7-5-17(6-8-18)19-9-13-24(14-10-19)12-2-11-22;18-12-6-1-2-7-13-19-14-10-17(11-15-19)16-8-4-3-5-9-16;1-3-4-2;2-1(3)4;2-1-3/h7-10,15-18,22-23H,1-6,11-14,19H2;3-4,15,17-19,24H,2,5-14H2,1H3;3-5,8-9,17,19H,1-2,6-7,10-15H2;3-4H2,1-2H3;;1H2. The van der Waals surface area contributed by atoms with Crippen molar-refractivity contribution in [3.8, 4) is 0 Å². The second kappa shape index (κ2) is 44.8. The summed E-state index contributed by atoms with van der Waals surface area (Å²) in [5, 5.41) is 0. The van der Waals surface area contributed by atoms with Gasteiger partial charge in [0.1, 0.15) is 11.6 Å². The molecule has 8 rings (SSSR count). The van der Waals surface area contributed by atoms with E-state index in [1.807, 2.05) is 25.1 Å². The van der Waals surface area contributed by atoms with Crippen molar-refractivity contribution >= 4 is 23.9 Å². The molecule has 0 spiro atoms. The van der Waals surface area contributed by atoms with Crippen LogP contribution in [0, 0.1) is 30.4 Å². The lowest BCUT2D eigenvalue weighted by atomic mass is 9.72. The summed E-state index contributed by atoms with van der Waals surface area (Å²) in [6.07, 6.45) is 27.2. The Morgan fingerprint density at radius 3 is 1.32 bits per heavy atom. The van der Waals surface area contributed by atoms with E-state index in [0.29, 0.717) is 17.8 Å².